The first kappa shape index (κ1) is 19.9. The number of carbonyl (C=O) groups is 2. The Balaban J connectivity index is 1.63. The van der Waals surface area contributed by atoms with Crippen molar-refractivity contribution in [1.82, 2.24) is 15.5 Å². The molecule has 6 heteroatoms. The fourth-order valence-corrected chi connectivity index (χ4v) is 3.02. The van der Waals surface area contributed by atoms with Crippen molar-refractivity contribution in [2.45, 2.75) is 45.4 Å². The van der Waals surface area contributed by atoms with Gasteiger partial charge in [-0.15, -0.1) is 0 Å². The molecule has 0 atom stereocenters. The van der Waals surface area contributed by atoms with Gasteiger partial charge >= 0.3 is 0 Å². The van der Waals surface area contributed by atoms with Crippen molar-refractivity contribution < 1.29 is 9.59 Å². The highest BCUT2D eigenvalue weighted by molar-refractivity contribution is 6.21. The number of hydrogen-bond acceptors (Lipinski definition) is 3. The zero-order chi connectivity index (χ0) is 18.8. The zero-order valence-corrected chi connectivity index (χ0v) is 15.9. The van der Waals surface area contributed by atoms with Crippen molar-refractivity contribution in [3.05, 3.63) is 35.4 Å². The lowest BCUT2D eigenvalue weighted by atomic mass is 10.1. The van der Waals surface area contributed by atoms with Crippen molar-refractivity contribution in [3.8, 4) is 0 Å². The molecule has 0 fully saturated rings. The first-order valence-corrected chi connectivity index (χ1v) is 9.58. The first-order valence-electron chi connectivity index (χ1n) is 9.58. The standard InChI is InChI=1S/C20H30N4O2/c1-3-4-5-8-13-22-20(21-2)23-14-9-10-15-24-18(25)16-11-6-7-12-17(16)19(24)26/h6-7,11-12H,3-5,8-10,13-15H2,1-2H3,(H2,21,22,23). The minimum atomic E-state index is -0.178. The highest BCUT2D eigenvalue weighted by Gasteiger charge is 2.34. The lowest BCUT2D eigenvalue weighted by Crippen LogP contribution is -2.38. The van der Waals surface area contributed by atoms with Crippen molar-refractivity contribution in [3.63, 3.8) is 0 Å². The van der Waals surface area contributed by atoms with E-state index in [0.29, 0.717) is 17.7 Å². The summed E-state index contributed by atoms with van der Waals surface area (Å²) in [6.07, 6.45) is 6.52. The predicted octanol–water partition coefficient (Wildman–Crippen LogP) is 2.81. The van der Waals surface area contributed by atoms with Crippen molar-refractivity contribution in [1.29, 1.82) is 0 Å². The highest BCUT2D eigenvalue weighted by Crippen LogP contribution is 2.22. The molecule has 1 aromatic rings. The Labute approximate surface area is 156 Å². The molecule has 0 saturated heterocycles. The van der Waals surface area contributed by atoms with Gasteiger partial charge in [-0.3, -0.25) is 19.5 Å². The smallest absolute Gasteiger partial charge is 0.261 e. The average molecular weight is 358 g/mol. The summed E-state index contributed by atoms with van der Waals surface area (Å²) in [4.78, 5) is 30.1. The summed E-state index contributed by atoms with van der Waals surface area (Å²) < 4.78 is 0. The molecule has 0 aromatic heterocycles. The van der Waals surface area contributed by atoms with E-state index in [0.717, 1.165) is 38.3 Å². The number of hydrogen-bond donors (Lipinski definition) is 2. The number of imide groups is 1. The van der Waals surface area contributed by atoms with Gasteiger partial charge < -0.3 is 10.6 Å². The van der Waals surface area contributed by atoms with Crippen molar-refractivity contribution >= 4 is 17.8 Å². The van der Waals surface area contributed by atoms with Crippen LogP contribution in [0.15, 0.2) is 29.3 Å². The van der Waals surface area contributed by atoms with Gasteiger partial charge in [0.15, 0.2) is 5.96 Å². The van der Waals surface area contributed by atoms with Crippen LogP contribution in [0.1, 0.15) is 66.2 Å². The van der Waals surface area contributed by atoms with E-state index in [1.54, 1.807) is 31.3 Å². The molecule has 1 aliphatic heterocycles. The summed E-state index contributed by atoms with van der Waals surface area (Å²) >= 11 is 0. The molecule has 0 bridgehead atoms. The number of amides is 2. The van der Waals surface area contributed by atoms with Gasteiger partial charge in [0, 0.05) is 26.7 Å². The molecule has 0 aliphatic carbocycles. The number of nitrogens with one attached hydrogen (secondary N) is 2. The summed E-state index contributed by atoms with van der Waals surface area (Å²) in [5.41, 5.74) is 1.03. The fraction of sp³-hybridized carbons (Fsp3) is 0.550. The Hall–Kier alpha value is -2.37. The molecule has 6 nitrogen and oxygen atoms in total. The van der Waals surface area contributed by atoms with E-state index in [-0.39, 0.29) is 11.8 Å². The van der Waals surface area contributed by atoms with Crippen LogP contribution < -0.4 is 10.6 Å². The maximum Gasteiger partial charge on any atom is 0.261 e. The summed E-state index contributed by atoms with van der Waals surface area (Å²) in [6.45, 7) is 4.35. The van der Waals surface area contributed by atoms with Crippen LogP contribution in [-0.2, 0) is 0 Å². The SMILES string of the molecule is CCCCCCNC(=NC)NCCCCN1C(=O)c2ccccc2C1=O. The molecule has 0 saturated carbocycles. The number of nitrogens with zero attached hydrogens (tertiary/aromatic N) is 2. The van der Waals surface area contributed by atoms with E-state index in [2.05, 4.69) is 22.5 Å². The van der Waals surface area contributed by atoms with Gasteiger partial charge in [0.05, 0.1) is 11.1 Å². The van der Waals surface area contributed by atoms with Crippen LogP contribution in [0, 0.1) is 0 Å². The summed E-state index contributed by atoms with van der Waals surface area (Å²) in [7, 11) is 1.76. The van der Waals surface area contributed by atoms with Gasteiger partial charge in [0.2, 0.25) is 0 Å². The third-order valence-corrected chi connectivity index (χ3v) is 4.53. The second-order valence-electron chi connectivity index (χ2n) is 6.50. The number of carbonyl (C=O) groups excluding carboxylic acids is 2. The topological polar surface area (TPSA) is 73.8 Å². The largest absolute Gasteiger partial charge is 0.356 e. The molecule has 2 amide bonds. The predicted molar refractivity (Wildman–Crippen MR) is 105 cm³/mol. The zero-order valence-electron chi connectivity index (χ0n) is 15.9. The molecule has 1 aromatic carbocycles. The van der Waals surface area contributed by atoms with Crippen LogP contribution >= 0.6 is 0 Å². The molecule has 0 spiro atoms. The Morgan fingerprint density at radius 2 is 1.50 bits per heavy atom. The third-order valence-electron chi connectivity index (χ3n) is 4.53. The number of unbranched alkanes of at least 4 members (excludes halogenated alkanes) is 4. The van der Waals surface area contributed by atoms with Crippen LogP contribution in [0.2, 0.25) is 0 Å². The minimum absolute atomic E-state index is 0.178. The normalized spacial score (nSPS) is 13.9. The first-order chi connectivity index (χ1) is 12.7. The third kappa shape index (κ3) is 5.31. The van der Waals surface area contributed by atoms with E-state index in [1.807, 2.05) is 0 Å². The van der Waals surface area contributed by atoms with Gasteiger partial charge in [-0.25, -0.2) is 0 Å². The lowest BCUT2D eigenvalue weighted by Gasteiger charge is -2.15. The monoisotopic (exact) mass is 358 g/mol. The summed E-state index contributed by atoms with van der Waals surface area (Å²) in [6, 6.07) is 7.01. The van der Waals surface area contributed by atoms with E-state index in [4.69, 9.17) is 0 Å². The van der Waals surface area contributed by atoms with E-state index >= 15 is 0 Å². The Morgan fingerprint density at radius 1 is 0.923 bits per heavy atom. The number of aliphatic imine (C=N–C) groups is 1. The van der Waals surface area contributed by atoms with Gasteiger partial charge in [0.25, 0.3) is 11.8 Å². The molecular formula is C20H30N4O2. The molecule has 1 heterocycles. The molecule has 26 heavy (non-hydrogen) atoms. The van der Waals surface area contributed by atoms with E-state index < -0.39 is 0 Å². The van der Waals surface area contributed by atoms with Crippen molar-refractivity contribution in [2.75, 3.05) is 26.7 Å². The number of benzene rings is 1. The van der Waals surface area contributed by atoms with Crippen LogP contribution in [0.25, 0.3) is 0 Å². The molecule has 1 aliphatic rings. The van der Waals surface area contributed by atoms with Crippen LogP contribution in [0.4, 0.5) is 0 Å². The second kappa shape index (κ2) is 10.6. The van der Waals surface area contributed by atoms with Crippen LogP contribution in [0.3, 0.4) is 0 Å². The van der Waals surface area contributed by atoms with E-state index in [1.165, 1.54) is 24.2 Å². The average Bonchev–Trinajstić information content (AvgIpc) is 2.91. The number of fused-ring (bicyclic) bond motifs is 1. The van der Waals surface area contributed by atoms with Gasteiger partial charge in [0.1, 0.15) is 0 Å². The number of rotatable bonds is 10. The van der Waals surface area contributed by atoms with Gasteiger partial charge in [-0.1, -0.05) is 38.3 Å². The van der Waals surface area contributed by atoms with Gasteiger partial charge in [-0.05, 0) is 31.4 Å². The fourth-order valence-electron chi connectivity index (χ4n) is 3.02. The molecule has 2 rings (SSSR count). The maximum atomic E-state index is 12.3. The lowest BCUT2D eigenvalue weighted by molar-refractivity contribution is 0.0652. The molecule has 142 valence electrons. The van der Waals surface area contributed by atoms with Crippen molar-refractivity contribution in [2.24, 2.45) is 4.99 Å². The minimum Gasteiger partial charge on any atom is -0.356 e. The number of guanidine groups is 1. The van der Waals surface area contributed by atoms with Gasteiger partial charge in [-0.2, -0.15) is 0 Å². The van der Waals surface area contributed by atoms with Crippen LogP contribution in [0.5, 0.6) is 0 Å². The Morgan fingerprint density at radius 3 is 2.04 bits per heavy atom. The quantitative estimate of drug-likeness (QED) is 0.292. The maximum absolute atomic E-state index is 12.3. The molecule has 0 radical (unpaired) electrons. The summed E-state index contributed by atoms with van der Waals surface area (Å²) in [5, 5.41) is 6.58. The van der Waals surface area contributed by atoms with E-state index in [9.17, 15) is 9.59 Å². The molecule has 0 unspecified atom stereocenters. The Kier molecular flexibility index (Phi) is 8.12. The Bertz CT molecular complexity index is 607. The molecular weight excluding hydrogens is 328 g/mol. The van der Waals surface area contributed by atoms with Crippen LogP contribution in [-0.4, -0.2) is 49.4 Å². The summed E-state index contributed by atoms with van der Waals surface area (Å²) in [5.74, 6) is 0.452. The molecule has 2 N–H and O–H groups in total. The highest BCUT2D eigenvalue weighted by atomic mass is 16.2. The second-order valence-corrected chi connectivity index (χ2v) is 6.50.